The van der Waals surface area contributed by atoms with Crippen molar-refractivity contribution in [3.05, 3.63) is 0 Å². The molecule has 2 atom stereocenters. The molecule has 11 heavy (non-hydrogen) atoms. The molecule has 2 fully saturated rings. The molecule has 2 aliphatic heterocycles. The largest absolute Gasteiger partial charge is 0.328 e. The second-order valence-corrected chi connectivity index (χ2v) is 3.93. The molecule has 64 valence electrons. The van der Waals surface area contributed by atoms with Gasteiger partial charge in [-0.25, -0.2) is 0 Å². The van der Waals surface area contributed by atoms with Gasteiger partial charge in [-0.1, -0.05) is 0 Å². The second kappa shape index (κ2) is 2.73. The average molecular weight is 155 g/mol. The minimum absolute atomic E-state index is 0.461. The summed E-state index contributed by atoms with van der Waals surface area (Å²) in [6.45, 7) is 3.57. The zero-order valence-corrected chi connectivity index (χ0v) is 7.16. The monoisotopic (exact) mass is 155 g/mol. The second-order valence-electron chi connectivity index (χ2n) is 3.93. The third-order valence-corrected chi connectivity index (χ3v) is 2.82. The van der Waals surface area contributed by atoms with Gasteiger partial charge in [-0.3, -0.25) is 9.80 Å². The molecule has 0 radical (unpaired) electrons. The fourth-order valence-electron chi connectivity index (χ4n) is 2.23. The van der Waals surface area contributed by atoms with Crippen LogP contribution >= 0.6 is 0 Å². The molecule has 0 aromatic carbocycles. The Hall–Kier alpha value is -0.120. The van der Waals surface area contributed by atoms with Gasteiger partial charge in [0, 0.05) is 25.2 Å². The van der Waals surface area contributed by atoms with Crippen molar-refractivity contribution >= 4 is 0 Å². The van der Waals surface area contributed by atoms with Crippen LogP contribution in [-0.4, -0.2) is 48.7 Å². The highest BCUT2D eigenvalue weighted by molar-refractivity contribution is 4.88. The third kappa shape index (κ3) is 1.41. The van der Waals surface area contributed by atoms with Gasteiger partial charge in [-0.2, -0.15) is 0 Å². The lowest BCUT2D eigenvalue weighted by molar-refractivity contribution is 0.177. The van der Waals surface area contributed by atoms with Gasteiger partial charge in [0.2, 0.25) is 0 Å². The van der Waals surface area contributed by atoms with E-state index in [1.807, 2.05) is 0 Å². The number of nitrogens with two attached hydrogens (primary N) is 1. The van der Waals surface area contributed by atoms with Gasteiger partial charge in [0.15, 0.2) is 0 Å². The van der Waals surface area contributed by atoms with Gasteiger partial charge in [0.25, 0.3) is 0 Å². The van der Waals surface area contributed by atoms with E-state index in [1.165, 1.54) is 25.9 Å². The van der Waals surface area contributed by atoms with Gasteiger partial charge in [0.1, 0.15) is 0 Å². The molecule has 2 N–H and O–H groups in total. The van der Waals surface area contributed by atoms with Gasteiger partial charge < -0.3 is 5.73 Å². The van der Waals surface area contributed by atoms with Crippen LogP contribution < -0.4 is 5.73 Å². The molecule has 0 aliphatic carbocycles. The normalized spacial score (nSPS) is 40.9. The summed E-state index contributed by atoms with van der Waals surface area (Å²) in [5.74, 6) is 0. The third-order valence-electron chi connectivity index (χ3n) is 2.82. The molecule has 0 aromatic heterocycles. The summed E-state index contributed by atoms with van der Waals surface area (Å²) in [4.78, 5) is 4.92. The van der Waals surface area contributed by atoms with Crippen molar-refractivity contribution in [2.45, 2.75) is 24.9 Å². The van der Waals surface area contributed by atoms with E-state index in [0.717, 1.165) is 12.7 Å². The van der Waals surface area contributed by atoms with Crippen molar-refractivity contribution in [1.82, 2.24) is 9.80 Å². The van der Waals surface area contributed by atoms with Crippen LogP contribution in [0.15, 0.2) is 0 Å². The summed E-state index contributed by atoms with van der Waals surface area (Å²) in [5.41, 5.74) is 5.89. The van der Waals surface area contributed by atoms with Crippen molar-refractivity contribution < 1.29 is 0 Å². The predicted molar refractivity (Wildman–Crippen MR) is 45.2 cm³/mol. The number of nitrogens with zero attached hydrogens (tertiary/aromatic N) is 2. The molecule has 2 heterocycles. The van der Waals surface area contributed by atoms with E-state index in [4.69, 9.17) is 5.73 Å². The standard InChI is InChI=1S/C8H17N3/c1-10-5-8-4-7(9)2-3-11(8)6-10/h7-8H,2-6,9H2,1H3. The first-order valence-corrected chi connectivity index (χ1v) is 4.44. The first-order chi connectivity index (χ1) is 5.25. The molecule has 0 spiro atoms. The molecule has 0 bridgehead atoms. The van der Waals surface area contributed by atoms with Crippen LogP contribution in [0.4, 0.5) is 0 Å². The first kappa shape index (κ1) is 7.53. The SMILES string of the molecule is CN1CC2CC(N)CCN2C1. The summed E-state index contributed by atoms with van der Waals surface area (Å²) in [6, 6.07) is 1.21. The van der Waals surface area contributed by atoms with E-state index < -0.39 is 0 Å². The van der Waals surface area contributed by atoms with Crippen LogP contribution in [0.25, 0.3) is 0 Å². The maximum absolute atomic E-state index is 5.89. The smallest absolute Gasteiger partial charge is 0.0507 e. The van der Waals surface area contributed by atoms with E-state index in [9.17, 15) is 0 Å². The molecule has 0 aromatic rings. The van der Waals surface area contributed by atoms with Crippen molar-refractivity contribution in [2.24, 2.45) is 5.73 Å². The van der Waals surface area contributed by atoms with Crippen molar-refractivity contribution in [2.75, 3.05) is 26.8 Å². The fourth-order valence-corrected chi connectivity index (χ4v) is 2.23. The van der Waals surface area contributed by atoms with Crippen LogP contribution in [0.3, 0.4) is 0 Å². The van der Waals surface area contributed by atoms with E-state index >= 15 is 0 Å². The Labute approximate surface area is 68.1 Å². The highest BCUT2D eigenvalue weighted by atomic mass is 15.4. The molecular weight excluding hydrogens is 138 g/mol. The Bertz CT molecular complexity index is 148. The fraction of sp³-hybridized carbons (Fsp3) is 1.00. The lowest BCUT2D eigenvalue weighted by Gasteiger charge is -2.31. The summed E-state index contributed by atoms with van der Waals surface area (Å²) in [7, 11) is 2.18. The number of likely N-dealkylation sites (N-methyl/N-ethyl adjacent to an activating group) is 1. The van der Waals surface area contributed by atoms with Gasteiger partial charge in [-0.05, 0) is 19.9 Å². The topological polar surface area (TPSA) is 32.5 Å². The molecule has 2 saturated heterocycles. The van der Waals surface area contributed by atoms with Crippen molar-refractivity contribution in [1.29, 1.82) is 0 Å². The Morgan fingerprint density at radius 1 is 1.45 bits per heavy atom. The Kier molecular flexibility index (Phi) is 1.87. The minimum Gasteiger partial charge on any atom is -0.328 e. The summed E-state index contributed by atoms with van der Waals surface area (Å²) >= 11 is 0. The number of hydrogen-bond acceptors (Lipinski definition) is 3. The quantitative estimate of drug-likeness (QED) is 0.520. The Balaban J connectivity index is 1.97. The Morgan fingerprint density at radius 2 is 2.27 bits per heavy atom. The lowest BCUT2D eigenvalue weighted by Crippen LogP contribution is -2.44. The number of rotatable bonds is 0. The van der Waals surface area contributed by atoms with Crippen LogP contribution in [0.5, 0.6) is 0 Å². The maximum Gasteiger partial charge on any atom is 0.0507 e. The Morgan fingerprint density at radius 3 is 3.09 bits per heavy atom. The molecule has 2 unspecified atom stereocenters. The van der Waals surface area contributed by atoms with E-state index in [0.29, 0.717) is 6.04 Å². The molecule has 3 heteroatoms. The van der Waals surface area contributed by atoms with Gasteiger partial charge >= 0.3 is 0 Å². The lowest BCUT2D eigenvalue weighted by atomic mass is 10.00. The zero-order valence-electron chi connectivity index (χ0n) is 7.16. The molecule has 0 saturated carbocycles. The summed E-state index contributed by atoms with van der Waals surface area (Å²) < 4.78 is 0. The summed E-state index contributed by atoms with van der Waals surface area (Å²) in [5, 5.41) is 0. The molecule has 2 aliphatic rings. The number of hydrogen-bond donors (Lipinski definition) is 1. The maximum atomic E-state index is 5.89. The van der Waals surface area contributed by atoms with E-state index in [1.54, 1.807) is 0 Å². The van der Waals surface area contributed by atoms with E-state index in [-0.39, 0.29) is 0 Å². The van der Waals surface area contributed by atoms with Gasteiger partial charge in [-0.15, -0.1) is 0 Å². The number of piperidine rings is 1. The molecule has 2 rings (SSSR count). The van der Waals surface area contributed by atoms with E-state index in [2.05, 4.69) is 16.8 Å². The van der Waals surface area contributed by atoms with Crippen LogP contribution in [0.2, 0.25) is 0 Å². The van der Waals surface area contributed by atoms with Gasteiger partial charge in [0.05, 0.1) is 6.67 Å². The highest BCUT2D eigenvalue weighted by Crippen LogP contribution is 2.21. The number of fused-ring (bicyclic) bond motifs is 1. The highest BCUT2D eigenvalue weighted by Gasteiger charge is 2.32. The molecular formula is C8H17N3. The minimum atomic E-state index is 0.461. The first-order valence-electron chi connectivity index (χ1n) is 4.44. The van der Waals surface area contributed by atoms with Crippen molar-refractivity contribution in [3.63, 3.8) is 0 Å². The van der Waals surface area contributed by atoms with Crippen molar-refractivity contribution in [3.8, 4) is 0 Å². The summed E-state index contributed by atoms with van der Waals surface area (Å²) in [6.07, 6.45) is 2.38. The van der Waals surface area contributed by atoms with Crippen LogP contribution in [0, 0.1) is 0 Å². The zero-order chi connectivity index (χ0) is 7.84. The average Bonchev–Trinajstić information content (AvgIpc) is 2.27. The van der Waals surface area contributed by atoms with Crippen LogP contribution in [-0.2, 0) is 0 Å². The molecule has 0 amide bonds. The van der Waals surface area contributed by atoms with Crippen LogP contribution in [0.1, 0.15) is 12.8 Å². The predicted octanol–water partition coefficient (Wildman–Crippen LogP) is -0.319. The molecule has 3 nitrogen and oxygen atoms in total.